The maximum absolute atomic E-state index is 11.9. The number of likely N-dealkylation sites (N-methyl/N-ethyl adjacent to an activating group) is 1. The summed E-state index contributed by atoms with van der Waals surface area (Å²) in [5, 5.41) is 9.89. The van der Waals surface area contributed by atoms with Gasteiger partial charge in [0.2, 0.25) is 0 Å². The Bertz CT molecular complexity index is 1180. The van der Waals surface area contributed by atoms with Crippen LogP contribution in [0.4, 0.5) is 0 Å². The maximum Gasteiger partial charge on any atom is 0.305 e. The number of rotatable bonds is 40. The molecule has 57 heavy (non-hydrogen) atoms. The fourth-order valence-electron chi connectivity index (χ4n) is 5.69. The molecule has 0 saturated heterocycles. The number of aliphatic hydroxyl groups excluding tert-OH is 1. The van der Waals surface area contributed by atoms with Crippen molar-refractivity contribution in [3.8, 4) is 0 Å². The van der Waals surface area contributed by atoms with Gasteiger partial charge in [0.1, 0.15) is 25.9 Å². The monoisotopic (exact) mass is 818 g/mol. The minimum absolute atomic E-state index is 0.0105. The quantitative estimate of drug-likeness (QED) is 0.0216. The molecular weight excluding hydrogens is 734 g/mol. The molecule has 328 valence electrons. The van der Waals surface area contributed by atoms with Gasteiger partial charge in [-0.1, -0.05) is 175 Å². The van der Waals surface area contributed by atoms with Gasteiger partial charge in [0.15, 0.2) is 0 Å². The van der Waals surface area contributed by atoms with Crippen molar-refractivity contribution in [1.82, 2.24) is 0 Å². The Morgan fingerprint density at radius 1 is 0.561 bits per heavy atom. The topological polar surface area (TPSA) is 105 Å². The van der Waals surface area contributed by atoms with Crippen molar-refractivity contribution in [3.05, 3.63) is 85.1 Å². The molecule has 0 heterocycles. The fraction of sp³-hybridized carbons (Fsp3) is 0.688. The fourth-order valence-corrected chi connectivity index (χ4v) is 6.43. The molecule has 0 aliphatic rings. The minimum atomic E-state index is -4.51. The Morgan fingerprint density at radius 3 is 1.33 bits per heavy atom. The predicted octanol–water partition coefficient (Wildman–Crippen LogP) is 12.4. The van der Waals surface area contributed by atoms with Crippen LogP contribution in [0.1, 0.15) is 161 Å². The van der Waals surface area contributed by atoms with E-state index in [1.54, 1.807) is 0 Å². The second-order valence-corrected chi connectivity index (χ2v) is 17.3. The highest BCUT2D eigenvalue weighted by Crippen LogP contribution is 2.38. The van der Waals surface area contributed by atoms with E-state index in [1.807, 2.05) is 21.1 Å². The number of carbonyl (C=O) groups excluding carboxylic acids is 1. The summed E-state index contributed by atoms with van der Waals surface area (Å²) in [5.41, 5.74) is 0. The molecule has 1 N–H and O–H groups in total. The zero-order chi connectivity index (χ0) is 42.0. The molecule has 0 amide bonds. The van der Waals surface area contributed by atoms with Crippen molar-refractivity contribution in [1.29, 1.82) is 0 Å². The Morgan fingerprint density at radius 2 is 0.930 bits per heavy atom. The predicted molar refractivity (Wildman–Crippen MR) is 240 cm³/mol. The lowest BCUT2D eigenvalue weighted by molar-refractivity contribution is -0.870. The maximum atomic E-state index is 11.9. The van der Waals surface area contributed by atoms with Crippen LogP contribution in [0.15, 0.2) is 85.1 Å². The van der Waals surface area contributed by atoms with Gasteiger partial charge in [0.05, 0.1) is 27.7 Å². The van der Waals surface area contributed by atoms with E-state index in [2.05, 4.69) is 92.0 Å². The van der Waals surface area contributed by atoms with Crippen molar-refractivity contribution in [3.63, 3.8) is 0 Å². The molecule has 0 aromatic rings. The smallest absolute Gasteiger partial charge is 0.305 e. The van der Waals surface area contributed by atoms with Gasteiger partial charge < -0.3 is 28.3 Å². The molecule has 0 aromatic heterocycles. The number of aliphatic hydroxyl groups is 1. The number of unbranched alkanes of at least 4 members (excludes halogenated alkanes) is 15. The van der Waals surface area contributed by atoms with Crippen LogP contribution in [0.5, 0.6) is 0 Å². The molecular formula is C48H84NO7P. The number of phosphoric acid groups is 1. The average molecular weight is 818 g/mol. The standard InChI is InChI=1S/C48H84NO7P/c1-5-6-7-8-9-10-11-12-13-14-15-16-17-18-19-20-21-22-23-24-25-26-27-28-29-30-31-32-33-34-35-36-37-38-39-40-41-42-48(51)54-45-47(50)46-56-57(52,53)55-44-43-49(2,3)4/h6-7,9-10,12-13,15-16,18-19,21-22,24-25,47,50H,5,8,11,14,17,20,23,26-46H2,1-4H3/b7-6-,10-9-,13-12-,16-15-,19-18-,22-21-,25-24-. The molecule has 0 rings (SSSR count). The van der Waals surface area contributed by atoms with E-state index in [0.29, 0.717) is 17.4 Å². The van der Waals surface area contributed by atoms with Gasteiger partial charge in [0, 0.05) is 6.42 Å². The Kier molecular flexibility index (Phi) is 38.8. The normalized spacial score (nSPS) is 14.6. The summed E-state index contributed by atoms with van der Waals surface area (Å²) in [5.74, 6) is -0.390. The van der Waals surface area contributed by atoms with Gasteiger partial charge in [-0.15, -0.1) is 0 Å². The lowest BCUT2D eigenvalue weighted by Gasteiger charge is -2.27. The van der Waals surface area contributed by atoms with Crippen LogP contribution in [0, 0.1) is 0 Å². The van der Waals surface area contributed by atoms with Crippen LogP contribution in [0.3, 0.4) is 0 Å². The molecule has 8 nitrogen and oxygen atoms in total. The van der Waals surface area contributed by atoms with Crippen LogP contribution in [0.25, 0.3) is 0 Å². The average Bonchev–Trinajstić information content (AvgIpc) is 3.17. The number of allylic oxidation sites excluding steroid dienone is 14. The lowest BCUT2D eigenvalue weighted by Crippen LogP contribution is -2.37. The molecule has 2 unspecified atom stereocenters. The molecule has 0 aliphatic carbocycles. The summed E-state index contributed by atoms with van der Waals surface area (Å²) in [6.45, 7) is 1.83. The summed E-state index contributed by atoms with van der Waals surface area (Å²) in [6, 6.07) is 0. The Balaban J connectivity index is 3.46. The molecule has 0 fully saturated rings. The van der Waals surface area contributed by atoms with Gasteiger partial charge in [0.25, 0.3) is 7.82 Å². The van der Waals surface area contributed by atoms with Crippen molar-refractivity contribution >= 4 is 13.8 Å². The number of phosphoric ester groups is 1. The zero-order valence-corrected chi connectivity index (χ0v) is 37.6. The van der Waals surface area contributed by atoms with Crippen molar-refractivity contribution < 1.29 is 37.6 Å². The number of nitrogens with zero attached hydrogens (tertiary/aromatic N) is 1. The molecule has 0 aliphatic heterocycles. The minimum Gasteiger partial charge on any atom is -0.756 e. The second kappa shape index (κ2) is 40.5. The number of hydrogen-bond acceptors (Lipinski definition) is 7. The molecule has 0 aromatic carbocycles. The first-order valence-corrected chi connectivity index (χ1v) is 23.8. The van der Waals surface area contributed by atoms with Crippen LogP contribution in [-0.4, -0.2) is 69.2 Å². The van der Waals surface area contributed by atoms with Gasteiger partial charge >= 0.3 is 5.97 Å². The highest BCUT2D eigenvalue weighted by atomic mass is 31.2. The number of hydrogen-bond donors (Lipinski definition) is 1. The SMILES string of the molecule is CC/C=C\C/C=C\C/C=C\C/C=C\C/C=C\C/C=C\C/C=C\CCCCCCCCCCCCCCCCCC(=O)OCC(O)COP(=O)([O-])OCC[N+](C)(C)C. The molecule has 0 bridgehead atoms. The number of carbonyl (C=O) groups is 1. The van der Waals surface area contributed by atoms with E-state index < -0.39 is 20.5 Å². The number of ether oxygens (including phenoxy) is 1. The molecule has 0 radical (unpaired) electrons. The second-order valence-electron chi connectivity index (χ2n) is 15.9. The third-order valence-corrected chi connectivity index (χ3v) is 10.1. The zero-order valence-electron chi connectivity index (χ0n) is 36.8. The van der Waals surface area contributed by atoms with Crippen molar-refractivity contribution in [2.45, 2.75) is 167 Å². The summed E-state index contributed by atoms with van der Waals surface area (Å²) in [6.07, 6.45) is 57.6. The van der Waals surface area contributed by atoms with E-state index in [0.717, 1.165) is 64.2 Å². The van der Waals surface area contributed by atoms with Crippen LogP contribution < -0.4 is 4.89 Å². The van der Waals surface area contributed by atoms with Crippen LogP contribution >= 0.6 is 7.82 Å². The number of esters is 1. The van der Waals surface area contributed by atoms with E-state index in [1.165, 1.54) is 83.5 Å². The van der Waals surface area contributed by atoms with E-state index in [9.17, 15) is 19.4 Å². The van der Waals surface area contributed by atoms with Gasteiger partial charge in [-0.2, -0.15) is 0 Å². The Hall–Kier alpha value is -2.32. The first kappa shape index (κ1) is 54.7. The van der Waals surface area contributed by atoms with Gasteiger partial charge in [-0.25, -0.2) is 0 Å². The largest absolute Gasteiger partial charge is 0.756 e. The van der Waals surface area contributed by atoms with E-state index in [4.69, 9.17) is 13.8 Å². The van der Waals surface area contributed by atoms with E-state index >= 15 is 0 Å². The third-order valence-electron chi connectivity index (χ3n) is 9.16. The van der Waals surface area contributed by atoms with Crippen LogP contribution in [0.2, 0.25) is 0 Å². The molecule has 2 atom stereocenters. The summed E-state index contributed by atoms with van der Waals surface area (Å²) in [7, 11) is 1.24. The van der Waals surface area contributed by atoms with Crippen molar-refractivity contribution in [2.75, 3.05) is 47.5 Å². The molecule has 0 spiro atoms. The lowest BCUT2D eigenvalue weighted by atomic mass is 10.0. The Labute approximate surface area is 350 Å². The summed E-state index contributed by atoms with van der Waals surface area (Å²) in [4.78, 5) is 23.7. The van der Waals surface area contributed by atoms with Crippen molar-refractivity contribution in [2.24, 2.45) is 0 Å². The summed E-state index contributed by atoms with van der Waals surface area (Å²) >= 11 is 0. The van der Waals surface area contributed by atoms with Gasteiger partial charge in [-0.3, -0.25) is 9.36 Å². The highest BCUT2D eigenvalue weighted by Gasteiger charge is 2.16. The molecule has 9 heteroatoms. The third kappa shape index (κ3) is 46.2. The molecule has 0 saturated carbocycles. The van der Waals surface area contributed by atoms with Gasteiger partial charge in [-0.05, 0) is 64.2 Å². The summed E-state index contributed by atoms with van der Waals surface area (Å²) < 4.78 is 26.9. The first-order chi connectivity index (χ1) is 27.6. The first-order valence-electron chi connectivity index (χ1n) is 22.3. The number of quaternary nitrogens is 1. The van der Waals surface area contributed by atoms with E-state index in [-0.39, 0.29) is 19.2 Å². The highest BCUT2D eigenvalue weighted by molar-refractivity contribution is 7.45. The van der Waals surface area contributed by atoms with Crippen LogP contribution in [-0.2, 0) is 23.1 Å².